The maximum Gasteiger partial charge on any atom is 0.413 e. The molecule has 2 atom stereocenters. The van der Waals surface area contributed by atoms with Gasteiger partial charge in [-0.25, -0.2) is 4.79 Å². The number of thioether (sulfide) groups is 1. The van der Waals surface area contributed by atoms with Crippen molar-refractivity contribution in [2.45, 2.75) is 44.8 Å². The molecule has 3 rings (SSSR count). The number of amidine groups is 1. The molecule has 0 saturated heterocycles. The number of rotatable bonds is 2. The number of amides is 1. The molecule has 0 unspecified atom stereocenters. The summed E-state index contributed by atoms with van der Waals surface area (Å²) in [5.41, 5.74) is 0.208. The summed E-state index contributed by atoms with van der Waals surface area (Å²) in [6.07, 6.45) is 1.35. The van der Waals surface area contributed by atoms with Crippen LogP contribution in [0.4, 0.5) is 10.5 Å². The van der Waals surface area contributed by atoms with Crippen LogP contribution in [0.1, 0.15) is 39.2 Å². The van der Waals surface area contributed by atoms with Gasteiger partial charge in [-0.3, -0.25) is 20.7 Å². The van der Waals surface area contributed by atoms with Crippen LogP contribution >= 0.6 is 11.8 Å². The van der Waals surface area contributed by atoms with Crippen molar-refractivity contribution in [3.63, 3.8) is 0 Å². The maximum atomic E-state index is 12.0. The van der Waals surface area contributed by atoms with Crippen molar-refractivity contribution in [2.75, 3.05) is 11.0 Å². The topological polar surface area (TPSA) is 94.4 Å². The van der Waals surface area contributed by atoms with Crippen LogP contribution in [0.25, 0.3) is 0 Å². The summed E-state index contributed by atoms with van der Waals surface area (Å²) in [6.45, 7) is 5.44. The number of hydrogen-bond donors (Lipinski definition) is 3. The maximum absolute atomic E-state index is 12.0. The summed E-state index contributed by atoms with van der Waals surface area (Å²) in [5.74, 6) is 1.26. The first-order chi connectivity index (χ1) is 11.7. The molecule has 0 spiro atoms. The molecule has 1 fully saturated rings. The van der Waals surface area contributed by atoms with Gasteiger partial charge in [0.15, 0.2) is 5.17 Å². The van der Waals surface area contributed by atoms with E-state index in [1.165, 1.54) is 11.8 Å². The Hall–Kier alpha value is -1.77. The van der Waals surface area contributed by atoms with Gasteiger partial charge in [0.25, 0.3) is 0 Å². The molecule has 1 aromatic rings. The lowest BCUT2D eigenvalue weighted by molar-refractivity contribution is 0.0291. The van der Waals surface area contributed by atoms with Crippen LogP contribution in [0, 0.1) is 5.92 Å². The third-order valence-electron chi connectivity index (χ3n) is 4.26. The van der Waals surface area contributed by atoms with Gasteiger partial charge in [-0.1, -0.05) is 23.9 Å². The Morgan fingerprint density at radius 2 is 2.20 bits per heavy atom. The van der Waals surface area contributed by atoms with Crippen LogP contribution in [-0.2, 0) is 10.3 Å². The lowest BCUT2D eigenvalue weighted by atomic mass is 10.0. The van der Waals surface area contributed by atoms with E-state index in [2.05, 4.69) is 5.32 Å². The third kappa shape index (κ3) is 4.08. The standard InChI is InChI=1S/C17H23N3O4S/c1-16(2,3)24-15(21)18-14-19-17(10-12(17)7-8-25-14)11-5-4-6-13(9-11)20(22)23/h4-6,9,12,22-23H,7-8,10H2,1-3H3,(H,18,19,21)/t12-,17-/m1/s1. The Labute approximate surface area is 151 Å². The first-order valence-corrected chi connectivity index (χ1v) is 9.19. The molecule has 0 radical (unpaired) electrons. The molecule has 1 amide bonds. The van der Waals surface area contributed by atoms with Gasteiger partial charge in [0, 0.05) is 5.75 Å². The average molecular weight is 365 g/mol. The van der Waals surface area contributed by atoms with Crippen molar-refractivity contribution in [1.29, 1.82) is 0 Å². The van der Waals surface area contributed by atoms with E-state index < -0.39 is 17.2 Å². The van der Waals surface area contributed by atoms with Crippen LogP contribution in [-0.4, -0.2) is 33.0 Å². The average Bonchev–Trinajstić information content (AvgIpc) is 3.20. The van der Waals surface area contributed by atoms with Crippen molar-refractivity contribution in [3.05, 3.63) is 29.8 Å². The number of alkyl carbamates (subject to hydrolysis) is 1. The predicted molar refractivity (Wildman–Crippen MR) is 96.2 cm³/mol. The second-order valence-electron chi connectivity index (χ2n) is 7.35. The molecule has 1 aromatic carbocycles. The normalized spacial score (nSPS) is 25.3. The number of carbonyl (C=O) groups excluding carboxylic acids is 1. The van der Waals surface area contributed by atoms with Crippen LogP contribution in [0.5, 0.6) is 0 Å². The third-order valence-corrected chi connectivity index (χ3v) is 5.17. The summed E-state index contributed by atoms with van der Waals surface area (Å²) in [4.78, 5) is 16.9. The van der Waals surface area contributed by atoms with Gasteiger partial charge in [-0.2, -0.15) is 0 Å². The van der Waals surface area contributed by atoms with Crippen molar-refractivity contribution in [2.24, 2.45) is 10.9 Å². The lowest BCUT2D eigenvalue weighted by Gasteiger charge is -2.20. The molecule has 136 valence electrons. The molecule has 25 heavy (non-hydrogen) atoms. The molecule has 7 nitrogen and oxygen atoms in total. The minimum atomic E-state index is -0.570. The highest BCUT2D eigenvalue weighted by Gasteiger charge is 2.56. The van der Waals surface area contributed by atoms with E-state index in [0.717, 1.165) is 24.2 Å². The Balaban J connectivity index is 1.83. The zero-order valence-corrected chi connectivity index (χ0v) is 15.3. The molecule has 0 aromatic heterocycles. The zero-order valence-electron chi connectivity index (χ0n) is 14.5. The monoisotopic (exact) mass is 365 g/mol. The Kier molecular flexibility index (Phi) is 4.70. The molecule has 1 aliphatic carbocycles. The molecule has 2 aliphatic rings. The number of anilines is 1. The summed E-state index contributed by atoms with van der Waals surface area (Å²) >= 11 is 1.51. The van der Waals surface area contributed by atoms with Crippen LogP contribution in [0.15, 0.2) is 29.3 Å². The SMILES string of the molecule is CC(C)(C)OC(=O)NC1=N[C@@]2(c3cccc(N(O)O)c3)C[C@H]2CCS1. The smallest absolute Gasteiger partial charge is 0.413 e. The number of hydrogen-bond acceptors (Lipinski definition) is 7. The zero-order chi connectivity index (χ0) is 18.2. The summed E-state index contributed by atoms with van der Waals surface area (Å²) in [6, 6.07) is 7.01. The van der Waals surface area contributed by atoms with Gasteiger partial charge >= 0.3 is 6.09 Å². The fourth-order valence-electron chi connectivity index (χ4n) is 3.08. The Morgan fingerprint density at radius 1 is 1.44 bits per heavy atom. The summed E-state index contributed by atoms with van der Waals surface area (Å²) in [5, 5.41) is 21.9. The van der Waals surface area contributed by atoms with Crippen LogP contribution in [0.3, 0.4) is 0 Å². The van der Waals surface area contributed by atoms with Gasteiger partial charge in [-0.05, 0) is 57.2 Å². The van der Waals surface area contributed by atoms with Gasteiger partial charge in [0.2, 0.25) is 0 Å². The lowest BCUT2D eigenvalue weighted by Crippen LogP contribution is -2.35. The predicted octanol–water partition coefficient (Wildman–Crippen LogP) is 3.50. The van der Waals surface area contributed by atoms with Crippen molar-refractivity contribution in [3.8, 4) is 0 Å². The first kappa shape index (κ1) is 18.0. The molecular formula is C17H23N3O4S. The molecule has 1 saturated carbocycles. The highest BCUT2D eigenvalue weighted by atomic mass is 32.2. The fraction of sp³-hybridized carbons (Fsp3) is 0.529. The number of ether oxygens (including phenoxy) is 1. The summed E-state index contributed by atoms with van der Waals surface area (Å²) in [7, 11) is 0. The molecular weight excluding hydrogens is 342 g/mol. The summed E-state index contributed by atoms with van der Waals surface area (Å²) < 4.78 is 5.30. The van der Waals surface area contributed by atoms with Crippen LogP contribution < -0.4 is 10.5 Å². The van der Waals surface area contributed by atoms with E-state index in [1.807, 2.05) is 26.8 Å². The number of carbonyl (C=O) groups is 1. The quantitative estimate of drug-likeness (QED) is 0.695. The Bertz CT molecular complexity index is 701. The molecule has 8 heteroatoms. The van der Waals surface area contributed by atoms with E-state index in [4.69, 9.17) is 9.73 Å². The van der Waals surface area contributed by atoms with Crippen molar-refractivity contribution in [1.82, 2.24) is 5.32 Å². The number of aliphatic imine (C=N–C) groups is 1. The number of nitrogens with zero attached hydrogens (tertiary/aromatic N) is 2. The molecule has 3 N–H and O–H groups in total. The van der Waals surface area contributed by atoms with Gasteiger partial charge < -0.3 is 4.74 Å². The molecule has 1 heterocycles. The minimum Gasteiger partial charge on any atom is -0.444 e. The highest BCUT2D eigenvalue weighted by molar-refractivity contribution is 8.13. The van der Waals surface area contributed by atoms with E-state index >= 15 is 0 Å². The fourth-order valence-corrected chi connectivity index (χ4v) is 4.06. The number of benzene rings is 1. The van der Waals surface area contributed by atoms with E-state index in [0.29, 0.717) is 11.1 Å². The number of nitrogens with one attached hydrogen (secondary N) is 1. The second kappa shape index (κ2) is 6.51. The van der Waals surface area contributed by atoms with Crippen molar-refractivity contribution < 1.29 is 19.9 Å². The molecule has 0 bridgehead atoms. The largest absolute Gasteiger partial charge is 0.444 e. The second-order valence-corrected chi connectivity index (χ2v) is 8.43. The van der Waals surface area contributed by atoms with E-state index in [-0.39, 0.29) is 10.9 Å². The van der Waals surface area contributed by atoms with Gasteiger partial charge in [-0.15, -0.1) is 5.23 Å². The van der Waals surface area contributed by atoms with Crippen molar-refractivity contribution >= 4 is 28.7 Å². The van der Waals surface area contributed by atoms with Gasteiger partial charge in [0.1, 0.15) is 5.60 Å². The Morgan fingerprint density at radius 3 is 2.88 bits per heavy atom. The van der Waals surface area contributed by atoms with E-state index in [1.54, 1.807) is 18.2 Å². The minimum absolute atomic E-state index is 0.104. The van der Waals surface area contributed by atoms with Gasteiger partial charge in [0.05, 0.1) is 11.2 Å². The number of fused-ring (bicyclic) bond motifs is 1. The van der Waals surface area contributed by atoms with E-state index in [9.17, 15) is 15.2 Å². The van der Waals surface area contributed by atoms with Crippen LogP contribution in [0.2, 0.25) is 0 Å². The highest BCUT2D eigenvalue weighted by Crippen LogP contribution is 2.59. The molecule has 1 aliphatic heterocycles. The first-order valence-electron chi connectivity index (χ1n) is 8.21.